The van der Waals surface area contributed by atoms with Crippen LogP contribution in [-0.4, -0.2) is 46.4 Å². The van der Waals surface area contributed by atoms with Crippen molar-refractivity contribution in [3.8, 4) is 11.3 Å². The third kappa shape index (κ3) is 3.01. The second kappa shape index (κ2) is 6.66. The Morgan fingerprint density at radius 2 is 1.85 bits per heavy atom. The molecule has 2 unspecified atom stereocenters. The van der Waals surface area contributed by atoms with Crippen LogP contribution >= 0.6 is 11.6 Å². The van der Waals surface area contributed by atoms with Gasteiger partial charge in [0, 0.05) is 43.0 Å². The summed E-state index contributed by atoms with van der Waals surface area (Å²) >= 11 is 6.04. The normalized spacial score (nSPS) is 21.7. The molecule has 5 rings (SSSR count). The minimum absolute atomic E-state index is 0.185. The van der Waals surface area contributed by atoms with Crippen molar-refractivity contribution in [3.63, 3.8) is 0 Å². The topological polar surface area (TPSA) is 49.6 Å². The molecule has 3 aromatic rings. The van der Waals surface area contributed by atoms with Crippen LogP contribution in [0.4, 0.5) is 0 Å². The standard InChI is InChI=1S/C21H21ClN4O/c22-17-6-4-14(5-7-17)21-18(26-8-2-1-3-19(26)24-21)9-20(27)25-12-15-10-23-11-16(15)13-25/h1-8,15-16,23H,9-13H2. The highest BCUT2D eigenvalue weighted by molar-refractivity contribution is 6.30. The molecule has 1 aromatic carbocycles. The van der Waals surface area contributed by atoms with Crippen LogP contribution in [0.2, 0.25) is 5.02 Å². The zero-order valence-corrected chi connectivity index (χ0v) is 15.7. The number of benzene rings is 1. The number of aromatic nitrogens is 2. The maximum atomic E-state index is 13.1. The summed E-state index contributed by atoms with van der Waals surface area (Å²) in [7, 11) is 0. The molecule has 1 N–H and O–H groups in total. The van der Waals surface area contributed by atoms with Gasteiger partial charge in [-0.05, 0) is 36.1 Å². The molecule has 6 heteroatoms. The first-order chi connectivity index (χ1) is 13.2. The molecule has 0 saturated carbocycles. The number of hydrogen-bond acceptors (Lipinski definition) is 3. The fourth-order valence-electron chi connectivity index (χ4n) is 4.37. The zero-order valence-electron chi connectivity index (χ0n) is 14.9. The van der Waals surface area contributed by atoms with Gasteiger partial charge in [-0.15, -0.1) is 0 Å². The molecule has 2 aliphatic heterocycles. The number of carbonyl (C=O) groups excluding carboxylic acids is 1. The average molecular weight is 381 g/mol. The minimum Gasteiger partial charge on any atom is -0.342 e. The summed E-state index contributed by atoms with van der Waals surface area (Å²) in [6.07, 6.45) is 2.34. The Morgan fingerprint density at radius 1 is 1.11 bits per heavy atom. The second-order valence-electron chi connectivity index (χ2n) is 7.50. The number of rotatable bonds is 3. The highest BCUT2D eigenvalue weighted by Crippen LogP contribution is 2.29. The second-order valence-corrected chi connectivity index (χ2v) is 7.93. The third-order valence-corrected chi connectivity index (χ3v) is 6.06. The lowest BCUT2D eigenvalue weighted by Crippen LogP contribution is -2.33. The lowest BCUT2D eigenvalue weighted by molar-refractivity contribution is -0.129. The van der Waals surface area contributed by atoms with Crippen molar-refractivity contribution >= 4 is 23.2 Å². The number of nitrogens with zero attached hydrogens (tertiary/aromatic N) is 3. The number of carbonyl (C=O) groups is 1. The van der Waals surface area contributed by atoms with E-state index in [1.54, 1.807) is 0 Å². The van der Waals surface area contributed by atoms with Gasteiger partial charge >= 0.3 is 0 Å². The Hall–Kier alpha value is -2.37. The summed E-state index contributed by atoms with van der Waals surface area (Å²) in [6.45, 7) is 3.78. The van der Waals surface area contributed by atoms with Crippen molar-refractivity contribution < 1.29 is 4.79 Å². The van der Waals surface area contributed by atoms with Crippen molar-refractivity contribution in [1.29, 1.82) is 0 Å². The quantitative estimate of drug-likeness (QED) is 0.760. The average Bonchev–Trinajstić information content (AvgIpc) is 3.36. The summed E-state index contributed by atoms with van der Waals surface area (Å²) in [5.41, 5.74) is 3.63. The lowest BCUT2D eigenvalue weighted by atomic mass is 10.0. The van der Waals surface area contributed by atoms with Crippen molar-refractivity contribution in [1.82, 2.24) is 19.6 Å². The predicted molar refractivity (Wildman–Crippen MR) is 106 cm³/mol. The first kappa shape index (κ1) is 16.8. The first-order valence-electron chi connectivity index (χ1n) is 9.39. The van der Waals surface area contributed by atoms with Crippen molar-refractivity contribution in [2.24, 2.45) is 11.8 Å². The molecule has 2 aromatic heterocycles. The van der Waals surface area contributed by atoms with E-state index in [0.29, 0.717) is 23.3 Å². The number of hydrogen-bond donors (Lipinski definition) is 1. The fraction of sp³-hybridized carbons (Fsp3) is 0.333. The Bertz CT molecular complexity index is 985. The van der Waals surface area contributed by atoms with E-state index < -0.39 is 0 Å². The molecule has 27 heavy (non-hydrogen) atoms. The van der Waals surface area contributed by atoms with Crippen LogP contribution in [-0.2, 0) is 11.2 Å². The number of pyridine rings is 1. The van der Waals surface area contributed by atoms with E-state index in [4.69, 9.17) is 16.6 Å². The van der Waals surface area contributed by atoms with Crippen LogP contribution in [0.3, 0.4) is 0 Å². The zero-order chi connectivity index (χ0) is 18.4. The van der Waals surface area contributed by atoms with Crippen LogP contribution in [0.25, 0.3) is 16.9 Å². The Morgan fingerprint density at radius 3 is 2.59 bits per heavy atom. The predicted octanol–water partition coefficient (Wildman–Crippen LogP) is 2.88. The number of likely N-dealkylation sites (tertiary alicyclic amines) is 1. The van der Waals surface area contributed by atoms with Crippen LogP contribution in [0.1, 0.15) is 5.69 Å². The molecule has 1 amide bonds. The smallest absolute Gasteiger partial charge is 0.228 e. The highest BCUT2D eigenvalue weighted by Gasteiger charge is 2.38. The van der Waals surface area contributed by atoms with E-state index >= 15 is 0 Å². The molecule has 5 nitrogen and oxygen atoms in total. The summed E-state index contributed by atoms with van der Waals surface area (Å²) in [5, 5.41) is 4.12. The molecule has 2 fully saturated rings. The van der Waals surface area contributed by atoms with E-state index in [1.807, 2.05) is 58.0 Å². The number of halogens is 1. The highest BCUT2D eigenvalue weighted by atomic mass is 35.5. The Balaban J connectivity index is 1.49. The van der Waals surface area contributed by atoms with E-state index in [2.05, 4.69) is 5.32 Å². The molecule has 2 saturated heterocycles. The van der Waals surface area contributed by atoms with Gasteiger partial charge in [0.05, 0.1) is 17.8 Å². The molecule has 0 bridgehead atoms. The molecule has 138 valence electrons. The monoisotopic (exact) mass is 380 g/mol. The van der Waals surface area contributed by atoms with Crippen molar-refractivity contribution in [2.75, 3.05) is 26.2 Å². The molecule has 0 spiro atoms. The van der Waals surface area contributed by atoms with Gasteiger partial charge in [-0.25, -0.2) is 4.98 Å². The Labute approximate surface area is 163 Å². The number of nitrogens with one attached hydrogen (secondary N) is 1. The summed E-state index contributed by atoms with van der Waals surface area (Å²) in [5.74, 6) is 1.39. The van der Waals surface area contributed by atoms with Gasteiger partial charge in [-0.2, -0.15) is 0 Å². The van der Waals surface area contributed by atoms with E-state index in [-0.39, 0.29) is 5.91 Å². The van der Waals surface area contributed by atoms with E-state index in [0.717, 1.165) is 48.8 Å². The van der Waals surface area contributed by atoms with Crippen LogP contribution in [0.5, 0.6) is 0 Å². The lowest BCUT2D eigenvalue weighted by Gasteiger charge is -2.18. The van der Waals surface area contributed by atoms with Gasteiger partial charge in [0.1, 0.15) is 5.65 Å². The summed E-state index contributed by atoms with van der Waals surface area (Å²) in [6, 6.07) is 13.6. The van der Waals surface area contributed by atoms with Gasteiger partial charge in [0.2, 0.25) is 5.91 Å². The molecule has 2 atom stereocenters. The Kier molecular flexibility index (Phi) is 4.14. The largest absolute Gasteiger partial charge is 0.342 e. The van der Waals surface area contributed by atoms with Gasteiger partial charge in [-0.1, -0.05) is 29.8 Å². The number of imidazole rings is 1. The molecular formula is C21H21ClN4O. The maximum absolute atomic E-state index is 13.1. The molecular weight excluding hydrogens is 360 g/mol. The SMILES string of the molecule is O=C(Cc1c(-c2ccc(Cl)cc2)nc2ccccn12)N1CC2CNCC2C1. The van der Waals surface area contributed by atoms with E-state index in [1.165, 1.54) is 0 Å². The van der Waals surface area contributed by atoms with Crippen LogP contribution < -0.4 is 5.32 Å². The van der Waals surface area contributed by atoms with E-state index in [9.17, 15) is 4.79 Å². The van der Waals surface area contributed by atoms with Gasteiger partial charge in [-0.3, -0.25) is 4.79 Å². The summed E-state index contributed by atoms with van der Waals surface area (Å²) in [4.78, 5) is 19.9. The fourth-order valence-corrected chi connectivity index (χ4v) is 4.49. The van der Waals surface area contributed by atoms with Crippen LogP contribution in [0.15, 0.2) is 48.7 Å². The van der Waals surface area contributed by atoms with Gasteiger partial charge < -0.3 is 14.6 Å². The molecule has 0 aliphatic carbocycles. The number of fused-ring (bicyclic) bond motifs is 2. The number of amides is 1. The maximum Gasteiger partial charge on any atom is 0.228 e. The molecule has 2 aliphatic rings. The van der Waals surface area contributed by atoms with Crippen molar-refractivity contribution in [2.45, 2.75) is 6.42 Å². The van der Waals surface area contributed by atoms with Gasteiger partial charge in [0.25, 0.3) is 0 Å². The third-order valence-electron chi connectivity index (χ3n) is 5.81. The first-order valence-corrected chi connectivity index (χ1v) is 9.77. The van der Waals surface area contributed by atoms with Crippen LogP contribution in [0, 0.1) is 11.8 Å². The molecule has 4 heterocycles. The minimum atomic E-state index is 0.185. The van der Waals surface area contributed by atoms with Crippen molar-refractivity contribution in [3.05, 3.63) is 59.4 Å². The van der Waals surface area contributed by atoms with Gasteiger partial charge in [0.15, 0.2) is 0 Å². The summed E-state index contributed by atoms with van der Waals surface area (Å²) < 4.78 is 2.03. The molecule has 0 radical (unpaired) electrons.